The summed E-state index contributed by atoms with van der Waals surface area (Å²) in [5.41, 5.74) is 0.236. The summed E-state index contributed by atoms with van der Waals surface area (Å²) in [6.07, 6.45) is 11.2. The van der Waals surface area contributed by atoms with Crippen LogP contribution in [0.2, 0.25) is 0 Å². The van der Waals surface area contributed by atoms with E-state index in [-0.39, 0.29) is 40.4 Å². The smallest absolute Gasteiger partial charge is 0.255 e. The minimum atomic E-state index is -0.643. The highest BCUT2D eigenvalue weighted by Gasteiger charge is 2.78. The SMILES string of the molecule is CC1(O)C[C@]23C=CC1CC2C12CCCC4(C)CN(C(=O)c5ccccc5)C1O[C@H]3C[C@H]42. The number of hydrogen-bond acceptors (Lipinski definition) is 3. The Morgan fingerprint density at radius 2 is 1.94 bits per heavy atom. The molecule has 1 aromatic carbocycles. The van der Waals surface area contributed by atoms with E-state index in [2.05, 4.69) is 24.0 Å². The van der Waals surface area contributed by atoms with Gasteiger partial charge in [-0.3, -0.25) is 4.79 Å². The Hall–Kier alpha value is -1.65. The molecule has 8 aliphatic rings. The van der Waals surface area contributed by atoms with Gasteiger partial charge >= 0.3 is 0 Å². The first kappa shape index (κ1) is 18.9. The fourth-order valence-corrected chi connectivity index (χ4v) is 9.56. The Bertz CT molecular complexity index is 987. The highest BCUT2D eigenvalue weighted by Crippen LogP contribution is 2.77. The van der Waals surface area contributed by atoms with Gasteiger partial charge in [0.1, 0.15) is 6.23 Å². The van der Waals surface area contributed by atoms with Crippen LogP contribution >= 0.6 is 0 Å². The average molecular weight is 420 g/mol. The molecule has 2 spiro atoms. The molecule has 164 valence electrons. The van der Waals surface area contributed by atoms with Crippen molar-refractivity contribution in [3.63, 3.8) is 0 Å². The first-order chi connectivity index (χ1) is 14.8. The molecule has 4 nitrogen and oxygen atoms in total. The van der Waals surface area contributed by atoms with Crippen molar-refractivity contribution >= 4 is 5.91 Å². The number of rotatable bonds is 1. The molecular weight excluding hydrogens is 386 g/mol. The van der Waals surface area contributed by atoms with E-state index in [0.717, 1.165) is 37.8 Å². The summed E-state index contributed by atoms with van der Waals surface area (Å²) >= 11 is 0. The number of aliphatic hydroxyl groups is 1. The van der Waals surface area contributed by atoms with Crippen molar-refractivity contribution in [2.24, 2.45) is 34.0 Å². The topological polar surface area (TPSA) is 49.8 Å². The van der Waals surface area contributed by atoms with Crippen LogP contribution in [0.25, 0.3) is 0 Å². The number of nitrogens with zero attached hydrogens (tertiary/aromatic N) is 1. The van der Waals surface area contributed by atoms with E-state index in [9.17, 15) is 9.90 Å². The molecule has 31 heavy (non-hydrogen) atoms. The number of carbonyl (C=O) groups is 1. The Kier molecular flexibility index (Phi) is 3.43. The Morgan fingerprint density at radius 3 is 2.71 bits per heavy atom. The van der Waals surface area contributed by atoms with E-state index in [1.54, 1.807) is 0 Å². The van der Waals surface area contributed by atoms with E-state index in [0.29, 0.717) is 11.8 Å². The second kappa shape index (κ2) is 5.63. The lowest BCUT2D eigenvalue weighted by Gasteiger charge is -2.78. The predicted molar refractivity (Wildman–Crippen MR) is 117 cm³/mol. The van der Waals surface area contributed by atoms with Gasteiger partial charge in [0.05, 0.1) is 11.7 Å². The second-order valence-corrected chi connectivity index (χ2v) is 12.1. The van der Waals surface area contributed by atoms with Crippen LogP contribution in [-0.2, 0) is 4.74 Å². The van der Waals surface area contributed by atoms with Crippen LogP contribution in [0.1, 0.15) is 62.7 Å². The van der Waals surface area contributed by atoms with Crippen LogP contribution in [0.15, 0.2) is 42.5 Å². The molecule has 3 heterocycles. The molecule has 3 saturated heterocycles. The molecule has 1 amide bonds. The number of fused-ring (bicyclic) bond motifs is 1. The van der Waals surface area contributed by atoms with Gasteiger partial charge in [-0.2, -0.15) is 0 Å². The van der Waals surface area contributed by atoms with Gasteiger partial charge < -0.3 is 14.7 Å². The number of piperidine rings is 1. The number of amides is 1. The van der Waals surface area contributed by atoms with Crippen molar-refractivity contribution < 1.29 is 14.6 Å². The van der Waals surface area contributed by atoms with Crippen molar-refractivity contribution in [2.45, 2.75) is 70.3 Å². The summed E-state index contributed by atoms with van der Waals surface area (Å²) in [6.45, 7) is 5.28. The molecular formula is C27H33NO3. The summed E-state index contributed by atoms with van der Waals surface area (Å²) in [7, 11) is 0. The highest BCUT2D eigenvalue weighted by atomic mass is 16.5. The number of carbonyl (C=O) groups excluding carboxylic acids is 1. The van der Waals surface area contributed by atoms with Crippen LogP contribution in [-0.4, -0.2) is 40.4 Å². The van der Waals surface area contributed by atoms with Gasteiger partial charge in [0.25, 0.3) is 5.91 Å². The summed E-state index contributed by atoms with van der Waals surface area (Å²) in [5.74, 6) is 1.47. The zero-order valence-corrected chi connectivity index (χ0v) is 18.6. The zero-order valence-electron chi connectivity index (χ0n) is 18.6. The van der Waals surface area contributed by atoms with Gasteiger partial charge in [0.2, 0.25) is 0 Å². The third-order valence-corrected chi connectivity index (χ3v) is 10.6. The van der Waals surface area contributed by atoms with Gasteiger partial charge in [-0.1, -0.05) is 43.7 Å². The number of hydrogen-bond donors (Lipinski definition) is 1. The van der Waals surface area contributed by atoms with Crippen molar-refractivity contribution in [1.29, 1.82) is 0 Å². The van der Waals surface area contributed by atoms with Gasteiger partial charge in [0.15, 0.2) is 0 Å². The highest BCUT2D eigenvalue weighted by molar-refractivity contribution is 5.94. The predicted octanol–water partition coefficient (Wildman–Crippen LogP) is 4.40. The largest absolute Gasteiger partial charge is 0.390 e. The van der Waals surface area contributed by atoms with Crippen LogP contribution in [0.5, 0.6) is 0 Å². The molecule has 4 heteroatoms. The van der Waals surface area contributed by atoms with Crippen molar-refractivity contribution in [3.8, 4) is 0 Å². The molecule has 7 bridgehead atoms. The molecule has 1 aromatic rings. The molecule has 9 rings (SSSR count). The summed E-state index contributed by atoms with van der Waals surface area (Å²) in [5, 5.41) is 11.2. The van der Waals surface area contributed by atoms with E-state index >= 15 is 0 Å². The van der Waals surface area contributed by atoms with Crippen molar-refractivity contribution in [2.75, 3.05) is 6.54 Å². The lowest BCUT2D eigenvalue weighted by Crippen LogP contribution is -2.81. The summed E-state index contributed by atoms with van der Waals surface area (Å²) in [4.78, 5) is 15.9. The van der Waals surface area contributed by atoms with Crippen LogP contribution in [0.3, 0.4) is 0 Å². The third kappa shape index (κ3) is 2.08. The molecule has 6 fully saturated rings. The van der Waals surface area contributed by atoms with Gasteiger partial charge in [-0.25, -0.2) is 0 Å². The minimum absolute atomic E-state index is 0.0178. The van der Waals surface area contributed by atoms with E-state index < -0.39 is 5.60 Å². The molecule has 5 aliphatic carbocycles. The quantitative estimate of drug-likeness (QED) is 0.687. The third-order valence-electron chi connectivity index (χ3n) is 10.6. The maximum atomic E-state index is 13.8. The van der Waals surface area contributed by atoms with Crippen LogP contribution in [0.4, 0.5) is 0 Å². The van der Waals surface area contributed by atoms with Crippen LogP contribution < -0.4 is 0 Å². The van der Waals surface area contributed by atoms with Gasteiger partial charge in [-0.15, -0.1) is 0 Å². The fourth-order valence-electron chi connectivity index (χ4n) is 9.56. The Balaban J connectivity index is 1.38. The van der Waals surface area contributed by atoms with E-state index in [1.807, 2.05) is 37.3 Å². The monoisotopic (exact) mass is 419 g/mol. The van der Waals surface area contributed by atoms with E-state index in [1.165, 1.54) is 12.8 Å². The first-order valence-electron chi connectivity index (χ1n) is 12.2. The zero-order chi connectivity index (χ0) is 21.2. The fraction of sp³-hybridized carbons (Fsp3) is 0.667. The lowest BCUT2D eigenvalue weighted by molar-refractivity contribution is -0.383. The number of benzene rings is 1. The average Bonchev–Trinajstić information content (AvgIpc) is 2.75. The number of ether oxygens (including phenoxy) is 1. The molecule has 3 saturated carbocycles. The minimum Gasteiger partial charge on any atom is -0.390 e. The lowest BCUT2D eigenvalue weighted by atomic mass is 9.33. The van der Waals surface area contributed by atoms with Crippen LogP contribution in [0, 0.1) is 34.0 Å². The van der Waals surface area contributed by atoms with E-state index in [4.69, 9.17) is 4.74 Å². The Labute approximate surface area is 184 Å². The molecule has 0 aromatic heterocycles. The summed E-state index contributed by atoms with van der Waals surface area (Å²) < 4.78 is 6.96. The second-order valence-electron chi connectivity index (χ2n) is 12.1. The molecule has 0 radical (unpaired) electrons. The summed E-state index contributed by atoms with van der Waals surface area (Å²) in [6, 6.07) is 9.76. The molecule has 9 atom stereocenters. The van der Waals surface area contributed by atoms with Crippen molar-refractivity contribution in [1.82, 2.24) is 4.90 Å². The van der Waals surface area contributed by atoms with Gasteiger partial charge in [0, 0.05) is 28.9 Å². The maximum absolute atomic E-state index is 13.8. The standard InChI is InChI=1S/C27H33NO3/c1-24-10-6-11-27-19(24)14-21(26-12-9-18(13-20(26)27)25(2,30)15-26)31-23(27)28(16-24)22(29)17-7-4-3-5-8-17/h3-5,7-9,12,18-21,23,30H,6,10-11,13-16H2,1-2H3/t18?,19-,20?,21+,23?,24?,25?,26-,27?/m1/s1. The van der Waals surface area contributed by atoms with Crippen molar-refractivity contribution in [3.05, 3.63) is 48.0 Å². The Morgan fingerprint density at radius 1 is 1.13 bits per heavy atom. The van der Waals surface area contributed by atoms with Gasteiger partial charge in [-0.05, 0) is 68.4 Å². The molecule has 1 N–H and O–H groups in total. The molecule has 3 aliphatic heterocycles. The molecule has 6 unspecified atom stereocenters. The first-order valence-corrected chi connectivity index (χ1v) is 12.2. The number of likely N-dealkylation sites (tertiary alicyclic amines) is 1. The normalized spacial score (nSPS) is 53.4. The maximum Gasteiger partial charge on any atom is 0.255 e.